The monoisotopic (exact) mass is 431 g/mol. The van der Waals surface area contributed by atoms with Crippen molar-refractivity contribution in [3.63, 3.8) is 0 Å². The highest BCUT2D eigenvalue weighted by atomic mass is 35.5. The lowest BCUT2D eigenvalue weighted by atomic mass is 10.3. The summed E-state index contributed by atoms with van der Waals surface area (Å²) >= 11 is 6.09. The molecule has 2 aromatic carbocycles. The maximum absolute atomic E-state index is 12.7. The SMILES string of the molecule is CCN(CC)S(=O)(=O)c1cc(NC(=O)CNc2ccccc2)ccc1Cl.Cl. The molecular weight excluding hydrogens is 409 g/mol. The van der Waals surface area contributed by atoms with E-state index < -0.39 is 10.0 Å². The van der Waals surface area contributed by atoms with Gasteiger partial charge in [-0.1, -0.05) is 43.6 Å². The molecule has 0 spiro atoms. The fourth-order valence-corrected chi connectivity index (χ4v) is 4.38. The number of carbonyl (C=O) groups is 1. The van der Waals surface area contributed by atoms with Crippen molar-refractivity contribution in [2.45, 2.75) is 18.7 Å². The van der Waals surface area contributed by atoms with Crippen LogP contribution in [0.15, 0.2) is 53.4 Å². The van der Waals surface area contributed by atoms with Crippen molar-refractivity contribution in [3.05, 3.63) is 53.6 Å². The van der Waals surface area contributed by atoms with Gasteiger partial charge in [-0.15, -0.1) is 12.4 Å². The first-order chi connectivity index (χ1) is 12.4. The molecule has 2 rings (SSSR count). The summed E-state index contributed by atoms with van der Waals surface area (Å²) in [7, 11) is -3.71. The lowest BCUT2D eigenvalue weighted by molar-refractivity contribution is -0.114. The van der Waals surface area contributed by atoms with E-state index in [0.717, 1.165) is 5.69 Å². The summed E-state index contributed by atoms with van der Waals surface area (Å²) in [6, 6.07) is 13.7. The Kier molecular flexibility index (Phi) is 9.05. The van der Waals surface area contributed by atoms with Crippen molar-refractivity contribution in [2.24, 2.45) is 0 Å². The van der Waals surface area contributed by atoms with E-state index in [4.69, 9.17) is 11.6 Å². The lowest BCUT2D eigenvalue weighted by Gasteiger charge is -2.19. The van der Waals surface area contributed by atoms with E-state index in [1.807, 2.05) is 30.3 Å². The quantitative estimate of drug-likeness (QED) is 0.665. The predicted molar refractivity (Wildman–Crippen MR) is 112 cm³/mol. The highest BCUT2D eigenvalue weighted by Crippen LogP contribution is 2.27. The van der Waals surface area contributed by atoms with Crippen LogP contribution < -0.4 is 10.6 Å². The van der Waals surface area contributed by atoms with Crippen molar-refractivity contribution >= 4 is 51.3 Å². The number of benzene rings is 2. The van der Waals surface area contributed by atoms with Gasteiger partial charge in [0.05, 0.1) is 11.6 Å². The molecule has 0 radical (unpaired) electrons. The number of anilines is 2. The van der Waals surface area contributed by atoms with Crippen LogP contribution >= 0.6 is 24.0 Å². The third-order valence-electron chi connectivity index (χ3n) is 3.77. The van der Waals surface area contributed by atoms with Crippen molar-refractivity contribution in [2.75, 3.05) is 30.3 Å². The molecule has 0 unspecified atom stereocenters. The molecule has 2 aromatic rings. The Bertz CT molecular complexity index is 857. The number of hydrogen-bond donors (Lipinski definition) is 2. The van der Waals surface area contributed by atoms with Crippen LogP contribution in [0.5, 0.6) is 0 Å². The molecule has 148 valence electrons. The van der Waals surface area contributed by atoms with Crippen LogP contribution in [0.3, 0.4) is 0 Å². The molecule has 0 saturated carbocycles. The van der Waals surface area contributed by atoms with Gasteiger partial charge >= 0.3 is 0 Å². The number of amides is 1. The van der Waals surface area contributed by atoms with Crippen molar-refractivity contribution in [1.82, 2.24) is 4.31 Å². The van der Waals surface area contributed by atoms with Crippen LogP contribution in [-0.2, 0) is 14.8 Å². The van der Waals surface area contributed by atoms with Gasteiger partial charge in [-0.2, -0.15) is 4.31 Å². The van der Waals surface area contributed by atoms with Crippen LogP contribution in [0.1, 0.15) is 13.8 Å². The smallest absolute Gasteiger partial charge is 0.244 e. The summed E-state index contributed by atoms with van der Waals surface area (Å²) in [6.45, 7) is 4.26. The Morgan fingerprint density at radius 1 is 1.04 bits per heavy atom. The van der Waals surface area contributed by atoms with Crippen LogP contribution in [0, 0.1) is 0 Å². The second kappa shape index (κ2) is 10.5. The van der Waals surface area contributed by atoms with E-state index in [2.05, 4.69) is 10.6 Å². The molecule has 0 fully saturated rings. The number of halogens is 2. The largest absolute Gasteiger partial charge is 0.376 e. The van der Waals surface area contributed by atoms with E-state index >= 15 is 0 Å². The summed E-state index contributed by atoms with van der Waals surface area (Å²) in [4.78, 5) is 12.1. The molecule has 0 atom stereocenters. The summed E-state index contributed by atoms with van der Waals surface area (Å²) in [5.74, 6) is -0.289. The normalized spacial score (nSPS) is 11.0. The molecule has 1 amide bonds. The molecule has 0 aliphatic rings. The molecule has 0 saturated heterocycles. The third kappa shape index (κ3) is 6.10. The summed E-state index contributed by atoms with van der Waals surface area (Å²) in [5.41, 5.74) is 1.20. The van der Waals surface area contributed by atoms with E-state index in [9.17, 15) is 13.2 Å². The molecule has 0 aliphatic heterocycles. The second-order valence-corrected chi connectivity index (χ2v) is 7.82. The van der Waals surface area contributed by atoms with Gasteiger partial charge in [-0.05, 0) is 30.3 Å². The lowest BCUT2D eigenvalue weighted by Crippen LogP contribution is -2.31. The second-order valence-electron chi connectivity index (χ2n) is 5.50. The summed E-state index contributed by atoms with van der Waals surface area (Å²) in [5, 5.41) is 5.80. The highest BCUT2D eigenvalue weighted by Gasteiger charge is 2.24. The minimum atomic E-state index is -3.71. The Balaban J connectivity index is 0.00000364. The van der Waals surface area contributed by atoms with Gasteiger partial charge in [-0.25, -0.2) is 8.42 Å². The van der Waals surface area contributed by atoms with Crippen LogP contribution in [0.4, 0.5) is 11.4 Å². The molecule has 0 aliphatic carbocycles. The fraction of sp³-hybridized carbons (Fsp3) is 0.278. The summed E-state index contributed by atoms with van der Waals surface area (Å²) < 4.78 is 26.7. The number of hydrogen-bond acceptors (Lipinski definition) is 4. The van der Waals surface area contributed by atoms with Crippen molar-refractivity contribution < 1.29 is 13.2 Å². The molecule has 0 bridgehead atoms. The first-order valence-electron chi connectivity index (χ1n) is 8.27. The summed E-state index contributed by atoms with van der Waals surface area (Å²) in [6.07, 6.45) is 0. The minimum absolute atomic E-state index is 0. The third-order valence-corrected chi connectivity index (χ3v) is 6.30. The number of para-hydroxylation sites is 1. The van der Waals surface area contributed by atoms with Crippen LogP contribution in [0.25, 0.3) is 0 Å². The first kappa shape index (κ1) is 23.2. The van der Waals surface area contributed by atoms with Gasteiger partial charge in [0.2, 0.25) is 15.9 Å². The number of nitrogens with zero attached hydrogens (tertiary/aromatic N) is 1. The average Bonchev–Trinajstić information content (AvgIpc) is 2.63. The molecular formula is C18H23Cl2N3O3S. The van der Waals surface area contributed by atoms with Gasteiger partial charge in [0.25, 0.3) is 0 Å². The predicted octanol–water partition coefficient (Wildman–Crippen LogP) is 3.84. The number of sulfonamides is 1. The molecule has 0 aromatic heterocycles. The van der Waals surface area contributed by atoms with E-state index in [0.29, 0.717) is 18.8 Å². The Labute approximate surface area is 171 Å². The maximum Gasteiger partial charge on any atom is 0.244 e. The highest BCUT2D eigenvalue weighted by molar-refractivity contribution is 7.89. The van der Waals surface area contributed by atoms with Gasteiger partial charge in [-0.3, -0.25) is 4.79 Å². The molecule has 27 heavy (non-hydrogen) atoms. The fourth-order valence-electron chi connectivity index (χ4n) is 2.42. The van der Waals surface area contributed by atoms with Gasteiger partial charge < -0.3 is 10.6 Å². The first-order valence-corrected chi connectivity index (χ1v) is 10.1. The average molecular weight is 432 g/mol. The number of rotatable bonds is 8. The maximum atomic E-state index is 12.7. The zero-order valence-electron chi connectivity index (χ0n) is 15.1. The molecule has 0 heterocycles. The van der Waals surface area contributed by atoms with Crippen molar-refractivity contribution in [1.29, 1.82) is 0 Å². The van der Waals surface area contributed by atoms with E-state index in [1.54, 1.807) is 19.9 Å². The zero-order valence-corrected chi connectivity index (χ0v) is 17.5. The molecule has 9 heteroatoms. The molecule has 6 nitrogen and oxygen atoms in total. The number of carbonyl (C=O) groups excluding carboxylic acids is 1. The Hall–Kier alpha value is -1.80. The standard InChI is InChI=1S/C18H22ClN3O3S.ClH/c1-3-22(4-2)26(24,25)17-12-15(10-11-16(17)19)21-18(23)13-20-14-8-6-5-7-9-14;/h5-12,20H,3-4,13H2,1-2H3,(H,21,23);1H. The van der Waals surface area contributed by atoms with E-state index in [1.165, 1.54) is 16.4 Å². The van der Waals surface area contributed by atoms with Crippen LogP contribution in [-0.4, -0.2) is 38.3 Å². The Morgan fingerprint density at radius 3 is 2.26 bits per heavy atom. The van der Waals surface area contributed by atoms with Crippen LogP contribution in [0.2, 0.25) is 5.02 Å². The Morgan fingerprint density at radius 2 is 1.67 bits per heavy atom. The van der Waals surface area contributed by atoms with Gasteiger partial charge in [0, 0.05) is 24.5 Å². The van der Waals surface area contributed by atoms with E-state index in [-0.39, 0.29) is 34.8 Å². The topological polar surface area (TPSA) is 78.5 Å². The minimum Gasteiger partial charge on any atom is -0.376 e. The molecule has 2 N–H and O–H groups in total. The zero-order chi connectivity index (χ0) is 19.2. The number of nitrogens with one attached hydrogen (secondary N) is 2. The van der Waals surface area contributed by atoms with Gasteiger partial charge in [0.1, 0.15) is 4.90 Å². The van der Waals surface area contributed by atoms with Crippen molar-refractivity contribution in [3.8, 4) is 0 Å². The van der Waals surface area contributed by atoms with Gasteiger partial charge in [0.15, 0.2) is 0 Å².